The molecule has 138 valence electrons. The first kappa shape index (κ1) is 17.3. The average Bonchev–Trinajstić information content (AvgIpc) is 3.20. The number of nitrogens with one attached hydrogen (secondary N) is 1. The first-order valence-corrected chi connectivity index (χ1v) is 9.06. The molecule has 0 aliphatic carbocycles. The van der Waals surface area contributed by atoms with E-state index in [0.29, 0.717) is 5.69 Å². The van der Waals surface area contributed by atoms with Crippen molar-refractivity contribution in [2.75, 3.05) is 38.3 Å². The van der Waals surface area contributed by atoms with Crippen LogP contribution in [0, 0.1) is 0 Å². The van der Waals surface area contributed by atoms with Crippen molar-refractivity contribution in [1.29, 1.82) is 0 Å². The van der Waals surface area contributed by atoms with Gasteiger partial charge in [-0.15, -0.1) is 0 Å². The van der Waals surface area contributed by atoms with Crippen molar-refractivity contribution in [3.8, 4) is 16.8 Å². The highest BCUT2D eigenvalue weighted by atomic mass is 16.5. The lowest BCUT2D eigenvalue weighted by Gasteiger charge is -2.28. The molecule has 0 atom stereocenters. The Hall–Kier alpha value is -3.12. The number of anilines is 1. The fourth-order valence-electron chi connectivity index (χ4n) is 3.26. The summed E-state index contributed by atoms with van der Waals surface area (Å²) in [5.74, 6) is -0.197. The molecule has 6 nitrogen and oxygen atoms in total. The van der Waals surface area contributed by atoms with Gasteiger partial charge in [-0.3, -0.25) is 4.79 Å². The molecule has 1 fully saturated rings. The summed E-state index contributed by atoms with van der Waals surface area (Å²) in [5, 5.41) is 7.20. The monoisotopic (exact) mass is 362 g/mol. The third-order valence-corrected chi connectivity index (χ3v) is 4.73. The van der Waals surface area contributed by atoms with E-state index in [1.54, 1.807) is 11.7 Å². The molecule has 1 N–H and O–H groups in total. The summed E-state index contributed by atoms with van der Waals surface area (Å²) < 4.78 is 7.16. The summed E-state index contributed by atoms with van der Waals surface area (Å²) in [5.41, 5.74) is 4.28. The molecule has 6 heteroatoms. The SMILES string of the molecule is CNC(=O)c1nn(-c2ccccc2)cc1-c1ccc(N2CCOCC2)cc1. The molecule has 1 aliphatic rings. The molecule has 1 amide bonds. The van der Waals surface area contributed by atoms with Gasteiger partial charge < -0.3 is 15.0 Å². The summed E-state index contributed by atoms with van der Waals surface area (Å²) in [6, 6.07) is 18.1. The first-order chi connectivity index (χ1) is 13.3. The Morgan fingerprint density at radius 1 is 1.00 bits per heavy atom. The molecule has 0 spiro atoms. The van der Waals surface area contributed by atoms with Gasteiger partial charge in [0.15, 0.2) is 5.69 Å². The predicted octanol–water partition coefficient (Wildman–Crippen LogP) is 2.74. The zero-order valence-electron chi connectivity index (χ0n) is 15.3. The number of rotatable bonds is 4. The molecule has 0 saturated carbocycles. The predicted molar refractivity (Wildman–Crippen MR) is 105 cm³/mol. The van der Waals surface area contributed by atoms with Gasteiger partial charge in [-0.1, -0.05) is 30.3 Å². The number of carbonyl (C=O) groups is 1. The Morgan fingerprint density at radius 3 is 2.37 bits per heavy atom. The van der Waals surface area contributed by atoms with Crippen molar-refractivity contribution >= 4 is 11.6 Å². The van der Waals surface area contributed by atoms with Crippen molar-refractivity contribution in [3.05, 3.63) is 66.5 Å². The van der Waals surface area contributed by atoms with Crippen LogP contribution in [0.3, 0.4) is 0 Å². The topological polar surface area (TPSA) is 59.4 Å². The smallest absolute Gasteiger partial charge is 0.272 e. The van der Waals surface area contributed by atoms with E-state index >= 15 is 0 Å². The van der Waals surface area contributed by atoms with E-state index in [1.165, 1.54) is 5.69 Å². The second-order valence-electron chi connectivity index (χ2n) is 6.40. The number of amides is 1. The van der Waals surface area contributed by atoms with Gasteiger partial charge in [-0.05, 0) is 29.8 Å². The summed E-state index contributed by atoms with van der Waals surface area (Å²) >= 11 is 0. The normalized spacial score (nSPS) is 14.2. The lowest BCUT2D eigenvalue weighted by Crippen LogP contribution is -2.36. The van der Waals surface area contributed by atoms with Crippen molar-refractivity contribution in [2.45, 2.75) is 0 Å². The van der Waals surface area contributed by atoms with E-state index in [4.69, 9.17) is 4.74 Å². The van der Waals surface area contributed by atoms with Crippen LogP contribution in [0.15, 0.2) is 60.8 Å². The van der Waals surface area contributed by atoms with Gasteiger partial charge in [0.2, 0.25) is 0 Å². The van der Waals surface area contributed by atoms with Crippen LogP contribution in [-0.2, 0) is 4.74 Å². The van der Waals surface area contributed by atoms with Crippen LogP contribution < -0.4 is 10.2 Å². The zero-order chi connectivity index (χ0) is 18.6. The highest BCUT2D eigenvalue weighted by molar-refractivity contribution is 5.99. The quantitative estimate of drug-likeness (QED) is 0.775. The van der Waals surface area contributed by atoms with Crippen LogP contribution in [0.5, 0.6) is 0 Å². The van der Waals surface area contributed by atoms with E-state index in [1.807, 2.05) is 48.7 Å². The van der Waals surface area contributed by atoms with Crippen molar-refractivity contribution < 1.29 is 9.53 Å². The second kappa shape index (κ2) is 7.63. The third kappa shape index (κ3) is 3.57. The highest BCUT2D eigenvalue weighted by Crippen LogP contribution is 2.27. The molecule has 1 aliphatic heterocycles. The minimum absolute atomic E-state index is 0.197. The van der Waals surface area contributed by atoms with Crippen molar-refractivity contribution in [3.63, 3.8) is 0 Å². The average molecular weight is 362 g/mol. The van der Waals surface area contributed by atoms with Crippen molar-refractivity contribution in [2.24, 2.45) is 0 Å². The Morgan fingerprint density at radius 2 is 1.70 bits per heavy atom. The number of aromatic nitrogens is 2. The summed E-state index contributed by atoms with van der Waals surface area (Å²) in [6.45, 7) is 3.31. The van der Waals surface area contributed by atoms with Gasteiger partial charge in [0, 0.05) is 37.6 Å². The van der Waals surface area contributed by atoms with E-state index in [9.17, 15) is 4.79 Å². The molecule has 1 aromatic heterocycles. The minimum Gasteiger partial charge on any atom is -0.378 e. The maximum absolute atomic E-state index is 12.4. The third-order valence-electron chi connectivity index (χ3n) is 4.73. The van der Waals surface area contributed by atoms with Crippen LogP contribution in [-0.4, -0.2) is 49.0 Å². The van der Waals surface area contributed by atoms with Crippen LogP contribution in [0.1, 0.15) is 10.5 Å². The standard InChI is InChI=1S/C21H22N4O2/c1-22-21(26)20-19(15-25(23-20)18-5-3-2-4-6-18)16-7-9-17(10-8-16)24-11-13-27-14-12-24/h2-10,15H,11-14H2,1H3,(H,22,26). The largest absolute Gasteiger partial charge is 0.378 e. The lowest BCUT2D eigenvalue weighted by molar-refractivity contribution is 0.0958. The Kier molecular flexibility index (Phi) is 4.89. The maximum Gasteiger partial charge on any atom is 0.272 e. The number of ether oxygens (including phenoxy) is 1. The second-order valence-corrected chi connectivity index (χ2v) is 6.40. The van der Waals surface area contributed by atoms with Crippen LogP contribution in [0.2, 0.25) is 0 Å². The molecule has 27 heavy (non-hydrogen) atoms. The molecule has 3 aromatic rings. The van der Waals surface area contributed by atoms with E-state index in [0.717, 1.165) is 43.1 Å². The fraction of sp³-hybridized carbons (Fsp3) is 0.238. The maximum atomic E-state index is 12.4. The van der Waals surface area contributed by atoms with Gasteiger partial charge in [-0.25, -0.2) is 4.68 Å². The van der Waals surface area contributed by atoms with E-state index in [2.05, 4.69) is 27.4 Å². The fourth-order valence-corrected chi connectivity index (χ4v) is 3.26. The molecule has 0 bridgehead atoms. The van der Waals surface area contributed by atoms with Crippen LogP contribution in [0.25, 0.3) is 16.8 Å². The summed E-state index contributed by atoms with van der Waals surface area (Å²) in [4.78, 5) is 14.7. The zero-order valence-corrected chi connectivity index (χ0v) is 15.3. The number of nitrogens with zero attached hydrogens (tertiary/aromatic N) is 3. The Labute approximate surface area is 158 Å². The lowest BCUT2D eigenvalue weighted by atomic mass is 10.1. The van der Waals surface area contributed by atoms with Crippen molar-refractivity contribution in [1.82, 2.24) is 15.1 Å². The number of carbonyl (C=O) groups excluding carboxylic acids is 1. The number of benzene rings is 2. The molecule has 0 unspecified atom stereocenters. The minimum atomic E-state index is -0.197. The molecule has 1 saturated heterocycles. The number of hydrogen-bond acceptors (Lipinski definition) is 4. The highest BCUT2D eigenvalue weighted by Gasteiger charge is 2.18. The molecule has 2 aromatic carbocycles. The first-order valence-electron chi connectivity index (χ1n) is 9.06. The van der Waals surface area contributed by atoms with Gasteiger partial charge >= 0.3 is 0 Å². The Balaban J connectivity index is 1.69. The molecule has 0 radical (unpaired) electrons. The van der Waals surface area contributed by atoms with E-state index < -0.39 is 0 Å². The van der Waals surface area contributed by atoms with Gasteiger partial charge in [0.05, 0.1) is 18.9 Å². The number of hydrogen-bond donors (Lipinski definition) is 1. The van der Waals surface area contributed by atoms with Gasteiger partial charge in [-0.2, -0.15) is 5.10 Å². The molecule has 2 heterocycles. The molecule has 4 rings (SSSR count). The summed E-state index contributed by atoms with van der Waals surface area (Å²) in [7, 11) is 1.62. The number of morpholine rings is 1. The molecular weight excluding hydrogens is 340 g/mol. The van der Waals surface area contributed by atoms with Crippen LogP contribution in [0.4, 0.5) is 5.69 Å². The molecular formula is C21H22N4O2. The van der Waals surface area contributed by atoms with Gasteiger partial charge in [0.1, 0.15) is 0 Å². The van der Waals surface area contributed by atoms with E-state index in [-0.39, 0.29) is 5.91 Å². The summed E-state index contributed by atoms with van der Waals surface area (Å²) in [6.07, 6.45) is 1.91. The number of para-hydroxylation sites is 1. The Bertz CT molecular complexity index is 913. The van der Waals surface area contributed by atoms with Gasteiger partial charge in [0.25, 0.3) is 5.91 Å². The van der Waals surface area contributed by atoms with Crippen LogP contribution >= 0.6 is 0 Å².